The molecule has 6 heteroatoms. The predicted molar refractivity (Wildman–Crippen MR) is 97.2 cm³/mol. The smallest absolute Gasteiger partial charge is 0.304 e. The lowest BCUT2D eigenvalue weighted by atomic mass is 9.86. The maximum absolute atomic E-state index is 12.9. The number of hydroxylamine groups is 2. The second-order valence-corrected chi connectivity index (χ2v) is 7.02. The molecule has 1 N–H and O–H groups in total. The number of carbonyl (C=O) groups is 3. The third-order valence-electron chi connectivity index (χ3n) is 4.86. The van der Waals surface area contributed by atoms with Crippen LogP contribution in [0.1, 0.15) is 73.9 Å². The normalized spacial score (nSPS) is 17.5. The number of benzene rings is 1. The van der Waals surface area contributed by atoms with Gasteiger partial charge in [-0.15, -0.1) is 0 Å². The number of carbonyl (C=O) groups excluding carboxylic acids is 2. The van der Waals surface area contributed by atoms with Gasteiger partial charge in [0.15, 0.2) is 11.5 Å². The molecule has 26 heavy (non-hydrogen) atoms. The van der Waals surface area contributed by atoms with E-state index >= 15 is 0 Å². The minimum Gasteiger partial charge on any atom is -0.481 e. The van der Waals surface area contributed by atoms with Crippen molar-refractivity contribution in [1.29, 1.82) is 0 Å². The van der Waals surface area contributed by atoms with E-state index in [0.29, 0.717) is 16.9 Å². The quantitative estimate of drug-likeness (QED) is 0.565. The van der Waals surface area contributed by atoms with Gasteiger partial charge in [-0.05, 0) is 37.5 Å². The van der Waals surface area contributed by atoms with Gasteiger partial charge < -0.3 is 9.94 Å². The predicted octanol–water partition coefficient (Wildman–Crippen LogP) is 3.58. The van der Waals surface area contributed by atoms with Crippen LogP contribution in [-0.4, -0.2) is 34.9 Å². The van der Waals surface area contributed by atoms with Crippen molar-refractivity contribution >= 4 is 17.7 Å². The molecule has 0 fully saturated rings. The maximum Gasteiger partial charge on any atom is 0.304 e. The number of carboxylic acid groups (broad SMARTS) is 1. The number of ketones is 1. The van der Waals surface area contributed by atoms with Crippen LogP contribution < -0.4 is 4.84 Å². The van der Waals surface area contributed by atoms with Crippen LogP contribution in [0.2, 0.25) is 0 Å². The van der Waals surface area contributed by atoms with Gasteiger partial charge in [0.05, 0.1) is 12.3 Å². The Morgan fingerprint density at radius 1 is 1.31 bits per heavy atom. The number of unbranched alkanes of at least 4 members (excludes halogenated alkanes) is 2. The number of carboxylic acids is 1. The summed E-state index contributed by atoms with van der Waals surface area (Å²) in [7, 11) is 1.58. The third kappa shape index (κ3) is 4.23. The molecule has 2 unspecified atom stereocenters. The summed E-state index contributed by atoms with van der Waals surface area (Å²) >= 11 is 0. The monoisotopic (exact) mass is 361 g/mol. The number of Topliss-reactive ketones (excluding diaryl/α,β-unsaturated/α-hetero) is 1. The van der Waals surface area contributed by atoms with E-state index in [4.69, 9.17) is 9.94 Å². The fourth-order valence-electron chi connectivity index (χ4n) is 3.28. The van der Waals surface area contributed by atoms with Crippen molar-refractivity contribution in [1.82, 2.24) is 5.06 Å². The summed E-state index contributed by atoms with van der Waals surface area (Å²) in [4.78, 5) is 41.6. The largest absolute Gasteiger partial charge is 0.481 e. The average molecular weight is 361 g/mol. The lowest BCUT2D eigenvalue weighted by Crippen LogP contribution is -2.38. The molecule has 0 aromatic heterocycles. The van der Waals surface area contributed by atoms with Crippen molar-refractivity contribution in [3.8, 4) is 5.75 Å². The minimum absolute atomic E-state index is 0.173. The van der Waals surface area contributed by atoms with Gasteiger partial charge in [-0.1, -0.05) is 26.7 Å². The highest BCUT2D eigenvalue weighted by Gasteiger charge is 2.32. The molecular weight excluding hydrogens is 334 g/mol. The highest BCUT2D eigenvalue weighted by Crippen LogP contribution is 2.36. The van der Waals surface area contributed by atoms with E-state index in [2.05, 4.69) is 6.92 Å². The molecule has 1 amide bonds. The Balaban J connectivity index is 2.44. The third-order valence-corrected chi connectivity index (χ3v) is 4.86. The van der Waals surface area contributed by atoms with E-state index in [9.17, 15) is 14.4 Å². The van der Waals surface area contributed by atoms with E-state index in [1.165, 1.54) is 5.06 Å². The summed E-state index contributed by atoms with van der Waals surface area (Å²) < 4.78 is 0. The number of aryl methyl sites for hydroxylation is 1. The van der Waals surface area contributed by atoms with Gasteiger partial charge in [0, 0.05) is 24.1 Å². The van der Waals surface area contributed by atoms with Crippen LogP contribution >= 0.6 is 0 Å². The molecule has 2 rings (SSSR count). The topological polar surface area (TPSA) is 83.9 Å². The van der Waals surface area contributed by atoms with Crippen molar-refractivity contribution in [2.24, 2.45) is 5.92 Å². The van der Waals surface area contributed by atoms with Crippen LogP contribution in [0.5, 0.6) is 5.75 Å². The first-order valence-corrected chi connectivity index (χ1v) is 9.14. The molecule has 0 saturated heterocycles. The molecule has 1 aromatic carbocycles. The van der Waals surface area contributed by atoms with E-state index in [-0.39, 0.29) is 18.1 Å². The molecular formula is C20H27NO5. The number of hydrogen-bond acceptors (Lipinski definition) is 4. The van der Waals surface area contributed by atoms with Gasteiger partial charge in [0.25, 0.3) is 5.91 Å². The van der Waals surface area contributed by atoms with Crippen LogP contribution in [0.4, 0.5) is 0 Å². The number of fused-ring (bicyclic) bond motifs is 1. The van der Waals surface area contributed by atoms with Gasteiger partial charge in [-0.25, -0.2) is 0 Å². The van der Waals surface area contributed by atoms with Gasteiger partial charge in [-0.2, -0.15) is 5.06 Å². The number of likely N-dealkylation sites (N-methyl/N-ethyl adjacent to an activating group) is 1. The fourth-order valence-corrected chi connectivity index (χ4v) is 3.28. The summed E-state index contributed by atoms with van der Waals surface area (Å²) in [6.45, 7) is 5.52. The molecule has 1 aromatic rings. The second-order valence-electron chi connectivity index (χ2n) is 7.02. The Morgan fingerprint density at radius 2 is 2.00 bits per heavy atom. The van der Waals surface area contributed by atoms with Crippen molar-refractivity contribution in [2.75, 3.05) is 7.05 Å². The first-order valence-electron chi connectivity index (χ1n) is 9.14. The zero-order valence-corrected chi connectivity index (χ0v) is 15.9. The Morgan fingerprint density at radius 3 is 2.62 bits per heavy atom. The zero-order chi connectivity index (χ0) is 19.4. The van der Waals surface area contributed by atoms with Crippen molar-refractivity contribution in [3.05, 3.63) is 28.8 Å². The Kier molecular flexibility index (Phi) is 6.40. The van der Waals surface area contributed by atoms with E-state index < -0.39 is 17.8 Å². The summed E-state index contributed by atoms with van der Waals surface area (Å²) in [6, 6.07) is 3.57. The van der Waals surface area contributed by atoms with E-state index in [1.807, 2.05) is 6.07 Å². The van der Waals surface area contributed by atoms with Crippen LogP contribution in [0.15, 0.2) is 12.1 Å². The number of amides is 1. The van der Waals surface area contributed by atoms with E-state index in [0.717, 1.165) is 31.2 Å². The van der Waals surface area contributed by atoms with E-state index in [1.54, 1.807) is 27.0 Å². The lowest BCUT2D eigenvalue weighted by Gasteiger charge is -2.30. The zero-order valence-electron chi connectivity index (χ0n) is 15.9. The summed E-state index contributed by atoms with van der Waals surface area (Å²) in [5.74, 6) is -1.80. The second kappa shape index (κ2) is 8.34. The van der Waals surface area contributed by atoms with Crippen LogP contribution in [0.3, 0.4) is 0 Å². The molecule has 0 spiro atoms. The van der Waals surface area contributed by atoms with Gasteiger partial charge in [-0.3, -0.25) is 14.4 Å². The van der Waals surface area contributed by atoms with Crippen molar-refractivity contribution in [2.45, 2.75) is 58.8 Å². The molecule has 142 valence electrons. The van der Waals surface area contributed by atoms with Gasteiger partial charge in [0.2, 0.25) is 0 Å². The Hall–Kier alpha value is -2.37. The highest BCUT2D eigenvalue weighted by atomic mass is 16.7. The van der Waals surface area contributed by atoms with Gasteiger partial charge >= 0.3 is 5.97 Å². The molecule has 0 saturated carbocycles. The Bertz CT molecular complexity index is 712. The molecule has 2 atom stereocenters. The SMILES string of the molecule is CCCCCc1cc2c(cc1C(=O)C(C)CC(=O)O)C(C)C(=O)N(C)O2. The van der Waals surface area contributed by atoms with Crippen molar-refractivity contribution in [3.63, 3.8) is 0 Å². The highest BCUT2D eigenvalue weighted by molar-refractivity contribution is 6.01. The summed E-state index contributed by atoms with van der Waals surface area (Å²) in [6.07, 6.45) is 3.56. The fraction of sp³-hybridized carbons (Fsp3) is 0.550. The summed E-state index contributed by atoms with van der Waals surface area (Å²) in [5, 5.41) is 10.2. The molecule has 6 nitrogen and oxygen atoms in total. The molecule has 1 heterocycles. The maximum atomic E-state index is 12.9. The standard InChI is InChI=1S/C20H27NO5/c1-5-6-7-8-14-10-17-15(13(3)20(25)21(4)26-17)11-16(14)19(24)12(2)9-18(22)23/h10-13H,5-9H2,1-4H3,(H,22,23). The van der Waals surface area contributed by atoms with Crippen molar-refractivity contribution < 1.29 is 24.3 Å². The average Bonchev–Trinajstić information content (AvgIpc) is 2.58. The Labute approximate surface area is 154 Å². The molecule has 0 radical (unpaired) electrons. The molecule has 0 aliphatic carbocycles. The first-order chi connectivity index (χ1) is 12.3. The molecule has 0 bridgehead atoms. The number of rotatable bonds is 8. The molecule has 1 aliphatic rings. The number of aliphatic carboxylic acids is 1. The van der Waals surface area contributed by atoms with Gasteiger partial charge in [0.1, 0.15) is 0 Å². The minimum atomic E-state index is -0.996. The van der Waals surface area contributed by atoms with Crippen LogP contribution in [-0.2, 0) is 16.0 Å². The van der Waals surface area contributed by atoms with Crippen LogP contribution in [0, 0.1) is 5.92 Å². The first kappa shape index (κ1) is 19.9. The van der Waals surface area contributed by atoms with Crippen LogP contribution in [0.25, 0.3) is 0 Å². The number of nitrogens with zero attached hydrogens (tertiary/aromatic N) is 1. The summed E-state index contributed by atoms with van der Waals surface area (Å²) in [5.41, 5.74) is 2.05. The molecule has 1 aliphatic heterocycles. The number of hydrogen-bond donors (Lipinski definition) is 1. The lowest BCUT2D eigenvalue weighted by molar-refractivity contribution is -0.157.